The Bertz CT molecular complexity index is 351. The predicted molar refractivity (Wildman–Crippen MR) is 56.6 cm³/mol. The first-order chi connectivity index (χ1) is 7.27. The minimum Gasteiger partial charge on any atom is -0.267 e. The summed E-state index contributed by atoms with van der Waals surface area (Å²) in [6.07, 6.45) is 1.46. The lowest BCUT2D eigenvalue weighted by molar-refractivity contribution is 0.0810. The molecule has 0 radical (unpaired) electrons. The summed E-state index contributed by atoms with van der Waals surface area (Å²) in [5, 5.41) is 3.50. The molecule has 1 rings (SSSR count). The molecule has 0 heterocycles. The van der Waals surface area contributed by atoms with Gasteiger partial charge in [-0.15, -0.1) is 11.5 Å². The Labute approximate surface area is 87.3 Å². The van der Waals surface area contributed by atoms with Crippen LogP contribution in [-0.4, -0.2) is 17.6 Å². The molecule has 0 aromatic heterocycles. The van der Waals surface area contributed by atoms with Gasteiger partial charge in [0.1, 0.15) is 0 Å². The maximum absolute atomic E-state index is 11.5. The molecular weight excluding hydrogens is 194 g/mol. The quantitative estimate of drug-likeness (QED) is 0.450. The van der Waals surface area contributed by atoms with Crippen LogP contribution in [-0.2, 0) is 0 Å². The highest BCUT2D eigenvalue weighted by molar-refractivity contribution is 5.93. The molecule has 15 heavy (non-hydrogen) atoms. The van der Waals surface area contributed by atoms with E-state index >= 15 is 0 Å². The molecule has 0 aliphatic rings. The Kier molecular flexibility index (Phi) is 4.03. The zero-order chi connectivity index (χ0) is 11.1. The average molecular weight is 205 g/mol. The van der Waals surface area contributed by atoms with E-state index in [2.05, 4.69) is 17.3 Å². The van der Waals surface area contributed by atoms with E-state index < -0.39 is 0 Å². The number of nitroso groups, excluding NO2 is 1. The minimum atomic E-state index is -0.378. The van der Waals surface area contributed by atoms with Gasteiger partial charge in [0.2, 0.25) is 0 Å². The molecule has 1 aromatic rings. The monoisotopic (exact) mass is 205 g/mol. The van der Waals surface area contributed by atoms with Crippen LogP contribution in [0.1, 0.15) is 10.4 Å². The second kappa shape index (κ2) is 5.54. The van der Waals surface area contributed by atoms with Crippen LogP contribution in [0.3, 0.4) is 0 Å². The van der Waals surface area contributed by atoms with E-state index in [9.17, 15) is 9.70 Å². The first kappa shape index (κ1) is 10.9. The molecule has 5 nitrogen and oxygen atoms in total. The third-order valence-electron chi connectivity index (χ3n) is 1.67. The topological polar surface area (TPSA) is 61.8 Å². The maximum atomic E-state index is 11.5. The number of carbonyl (C=O) groups excluding carboxylic acids is 1. The van der Waals surface area contributed by atoms with Gasteiger partial charge in [-0.25, -0.2) is 5.43 Å². The van der Waals surface area contributed by atoms with Crippen molar-refractivity contribution in [3.8, 4) is 0 Å². The molecule has 0 aliphatic heterocycles. The third kappa shape index (κ3) is 3.22. The summed E-state index contributed by atoms with van der Waals surface area (Å²) in [6.45, 7) is 3.61. The molecule has 0 bridgehead atoms. The summed E-state index contributed by atoms with van der Waals surface area (Å²) in [7, 11) is 0. The van der Waals surface area contributed by atoms with E-state index in [0.29, 0.717) is 5.56 Å². The number of hydrazine groups is 1. The molecule has 0 fully saturated rings. The van der Waals surface area contributed by atoms with Crippen molar-refractivity contribution >= 4 is 5.91 Å². The Balaban J connectivity index is 2.62. The largest absolute Gasteiger partial charge is 0.271 e. The Morgan fingerprint density at radius 3 is 2.67 bits per heavy atom. The van der Waals surface area contributed by atoms with Crippen LogP contribution in [0.25, 0.3) is 0 Å². The number of amides is 1. The van der Waals surface area contributed by atoms with Crippen LogP contribution < -0.4 is 5.43 Å². The minimum absolute atomic E-state index is 0.169. The van der Waals surface area contributed by atoms with Crippen molar-refractivity contribution in [3.63, 3.8) is 0 Å². The molecule has 0 unspecified atom stereocenters. The Morgan fingerprint density at radius 1 is 1.47 bits per heavy atom. The zero-order valence-electron chi connectivity index (χ0n) is 8.09. The predicted octanol–water partition coefficient (Wildman–Crippen LogP) is 1.50. The molecule has 0 saturated heterocycles. The molecule has 0 atom stereocenters. The van der Waals surface area contributed by atoms with Gasteiger partial charge in [-0.3, -0.25) is 4.79 Å². The van der Waals surface area contributed by atoms with Gasteiger partial charge in [0.15, 0.2) is 0 Å². The number of nitrogens with zero attached hydrogens (tertiary/aromatic N) is 2. The summed E-state index contributed by atoms with van der Waals surface area (Å²) in [5.74, 6) is -0.378. The van der Waals surface area contributed by atoms with Gasteiger partial charge >= 0.3 is 0 Å². The van der Waals surface area contributed by atoms with Crippen LogP contribution >= 0.6 is 0 Å². The Morgan fingerprint density at radius 2 is 2.13 bits per heavy atom. The number of hydrogen-bond acceptors (Lipinski definition) is 3. The zero-order valence-corrected chi connectivity index (χ0v) is 8.09. The van der Waals surface area contributed by atoms with E-state index in [-0.39, 0.29) is 12.5 Å². The summed E-state index contributed by atoms with van der Waals surface area (Å²) < 4.78 is 0. The fraction of sp³-hybridized carbons (Fsp3) is 0.100. The molecule has 1 amide bonds. The van der Waals surface area contributed by atoms with Gasteiger partial charge in [0, 0.05) is 5.56 Å². The van der Waals surface area contributed by atoms with E-state index in [1.807, 2.05) is 0 Å². The second-order valence-electron chi connectivity index (χ2n) is 2.76. The van der Waals surface area contributed by atoms with Crippen molar-refractivity contribution in [1.82, 2.24) is 10.5 Å². The number of rotatable bonds is 5. The smallest absolute Gasteiger partial charge is 0.267 e. The number of carbonyl (C=O) groups is 1. The summed E-state index contributed by atoms with van der Waals surface area (Å²) in [4.78, 5) is 21.8. The van der Waals surface area contributed by atoms with Crippen molar-refractivity contribution < 1.29 is 4.79 Å². The van der Waals surface area contributed by atoms with Gasteiger partial charge in [-0.1, -0.05) is 24.3 Å². The molecule has 78 valence electrons. The van der Waals surface area contributed by atoms with Crippen molar-refractivity contribution in [3.05, 3.63) is 53.5 Å². The molecular formula is C10H11N3O2. The molecule has 0 aliphatic carbocycles. The molecule has 0 spiro atoms. The highest BCUT2D eigenvalue weighted by atomic mass is 16.3. The number of benzene rings is 1. The van der Waals surface area contributed by atoms with Crippen LogP contribution in [0.2, 0.25) is 0 Å². The molecule has 0 saturated carbocycles. The van der Waals surface area contributed by atoms with Gasteiger partial charge < -0.3 is 0 Å². The number of nitrogens with one attached hydrogen (secondary N) is 1. The summed E-state index contributed by atoms with van der Waals surface area (Å²) >= 11 is 0. The SMILES string of the molecule is C=CCN(N=O)NC(=O)c1ccccc1. The van der Waals surface area contributed by atoms with Crippen molar-refractivity contribution in [1.29, 1.82) is 0 Å². The highest BCUT2D eigenvalue weighted by Gasteiger charge is 2.08. The first-order valence-corrected chi connectivity index (χ1v) is 4.35. The fourth-order valence-electron chi connectivity index (χ4n) is 0.993. The van der Waals surface area contributed by atoms with Crippen LogP contribution in [0.15, 0.2) is 48.3 Å². The van der Waals surface area contributed by atoms with Gasteiger partial charge in [0.25, 0.3) is 5.91 Å². The number of hydrogen-bond donors (Lipinski definition) is 1. The lowest BCUT2D eigenvalue weighted by atomic mass is 10.2. The standard InChI is InChI=1S/C10H11N3O2/c1-2-8-13(12-15)11-10(14)9-6-4-3-5-7-9/h2-7H,1,8H2,(H,11,14). The maximum Gasteiger partial charge on any atom is 0.271 e. The van der Waals surface area contributed by atoms with Crippen molar-refractivity contribution in [2.45, 2.75) is 0 Å². The lowest BCUT2D eigenvalue weighted by Gasteiger charge is -2.13. The average Bonchev–Trinajstić information content (AvgIpc) is 2.29. The lowest BCUT2D eigenvalue weighted by Crippen LogP contribution is -2.38. The van der Waals surface area contributed by atoms with E-state index in [4.69, 9.17) is 0 Å². The molecule has 1 aromatic carbocycles. The highest BCUT2D eigenvalue weighted by Crippen LogP contribution is 1.98. The first-order valence-electron chi connectivity index (χ1n) is 4.35. The van der Waals surface area contributed by atoms with Gasteiger partial charge in [-0.05, 0) is 12.1 Å². The van der Waals surface area contributed by atoms with E-state index in [0.717, 1.165) is 5.12 Å². The van der Waals surface area contributed by atoms with Crippen LogP contribution in [0, 0.1) is 4.91 Å². The van der Waals surface area contributed by atoms with Gasteiger partial charge in [-0.2, -0.15) is 5.12 Å². The normalized spacial score (nSPS) is 9.07. The Hall–Kier alpha value is -2.17. The van der Waals surface area contributed by atoms with Crippen LogP contribution in [0.4, 0.5) is 0 Å². The van der Waals surface area contributed by atoms with Crippen LogP contribution in [0.5, 0.6) is 0 Å². The fourth-order valence-corrected chi connectivity index (χ4v) is 0.993. The van der Waals surface area contributed by atoms with E-state index in [1.165, 1.54) is 6.08 Å². The molecule has 1 N–H and O–H groups in total. The van der Waals surface area contributed by atoms with Gasteiger partial charge in [0.05, 0.1) is 11.8 Å². The second-order valence-corrected chi connectivity index (χ2v) is 2.76. The summed E-state index contributed by atoms with van der Waals surface area (Å²) in [6, 6.07) is 8.57. The third-order valence-corrected chi connectivity index (χ3v) is 1.67. The molecule has 5 heteroatoms. The van der Waals surface area contributed by atoms with E-state index in [1.54, 1.807) is 30.3 Å². The van der Waals surface area contributed by atoms with Crippen molar-refractivity contribution in [2.75, 3.05) is 6.54 Å². The van der Waals surface area contributed by atoms with Crippen molar-refractivity contribution in [2.24, 2.45) is 5.29 Å². The summed E-state index contributed by atoms with van der Waals surface area (Å²) in [5.41, 5.74) is 2.80.